The summed E-state index contributed by atoms with van der Waals surface area (Å²) in [6, 6.07) is 1.53. The van der Waals surface area contributed by atoms with Crippen LogP contribution >= 0.6 is 0 Å². The minimum absolute atomic E-state index is 0.0671. The molecule has 1 N–H and O–H groups in total. The molecular formula is C12H18N4O5S. The van der Waals surface area contributed by atoms with Crippen molar-refractivity contribution in [2.24, 2.45) is 0 Å². The van der Waals surface area contributed by atoms with E-state index < -0.39 is 16.0 Å². The second-order valence-electron chi connectivity index (χ2n) is 5.06. The molecule has 0 aliphatic carbocycles. The molecule has 1 aromatic rings. The third-order valence-electron chi connectivity index (χ3n) is 3.41. The first-order valence-corrected chi connectivity index (χ1v) is 8.62. The van der Waals surface area contributed by atoms with Crippen LogP contribution in [0.25, 0.3) is 0 Å². The number of hydrogen-bond acceptors (Lipinski definition) is 5. The molecule has 0 radical (unpaired) electrons. The van der Waals surface area contributed by atoms with Gasteiger partial charge in [-0.15, -0.1) is 0 Å². The van der Waals surface area contributed by atoms with E-state index in [0.717, 1.165) is 6.26 Å². The molecular weight excluding hydrogens is 312 g/mol. The van der Waals surface area contributed by atoms with Gasteiger partial charge in [-0.3, -0.25) is 14.3 Å². The second-order valence-corrected chi connectivity index (χ2v) is 7.04. The van der Waals surface area contributed by atoms with Gasteiger partial charge < -0.3 is 10.0 Å². The summed E-state index contributed by atoms with van der Waals surface area (Å²) in [5, 5.41) is 12.7. The summed E-state index contributed by atoms with van der Waals surface area (Å²) < 4.78 is 25.6. The van der Waals surface area contributed by atoms with Crippen molar-refractivity contribution >= 4 is 21.9 Å². The van der Waals surface area contributed by atoms with E-state index in [1.54, 1.807) is 11.1 Å². The first-order chi connectivity index (χ1) is 10.3. The Morgan fingerprint density at radius 3 is 2.45 bits per heavy atom. The smallest absolute Gasteiger partial charge is 0.305 e. The molecule has 10 heteroatoms. The maximum absolute atomic E-state index is 12.3. The van der Waals surface area contributed by atoms with Crippen molar-refractivity contribution in [3.8, 4) is 0 Å². The van der Waals surface area contributed by atoms with E-state index in [-0.39, 0.29) is 37.7 Å². The van der Waals surface area contributed by atoms with E-state index in [9.17, 15) is 18.0 Å². The molecule has 1 aromatic heterocycles. The summed E-state index contributed by atoms with van der Waals surface area (Å²) in [5.74, 6) is -1.21. The minimum Gasteiger partial charge on any atom is -0.481 e. The van der Waals surface area contributed by atoms with E-state index in [1.807, 2.05) is 0 Å². The van der Waals surface area contributed by atoms with E-state index in [1.165, 1.54) is 15.1 Å². The van der Waals surface area contributed by atoms with Crippen molar-refractivity contribution in [2.75, 3.05) is 32.4 Å². The molecule has 0 saturated carbocycles. The Labute approximate surface area is 128 Å². The lowest BCUT2D eigenvalue weighted by Crippen LogP contribution is -2.50. The van der Waals surface area contributed by atoms with Gasteiger partial charge in [0.05, 0.1) is 19.2 Å². The van der Waals surface area contributed by atoms with E-state index in [0.29, 0.717) is 13.1 Å². The average Bonchev–Trinajstić information content (AvgIpc) is 2.92. The molecule has 1 amide bonds. The van der Waals surface area contributed by atoms with Gasteiger partial charge in [0, 0.05) is 32.4 Å². The van der Waals surface area contributed by atoms with Crippen molar-refractivity contribution in [2.45, 2.75) is 13.0 Å². The third-order valence-corrected chi connectivity index (χ3v) is 4.71. The van der Waals surface area contributed by atoms with E-state index >= 15 is 0 Å². The molecule has 1 aliphatic rings. The van der Waals surface area contributed by atoms with Gasteiger partial charge in [-0.1, -0.05) is 0 Å². The molecule has 1 fully saturated rings. The maximum Gasteiger partial charge on any atom is 0.305 e. The molecule has 0 spiro atoms. The topological polar surface area (TPSA) is 113 Å². The number of carboxylic acid groups (broad SMARTS) is 1. The number of carboxylic acids is 1. The lowest BCUT2D eigenvalue weighted by Gasteiger charge is -2.32. The molecule has 2 rings (SSSR count). The molecule has 2 heterocycles. The van der Waals surface area contributed by atoms with Crippen molar-refractivity contribution in [3.63, 3.8) is 0 Å². The number of aliphatic carboxylic acids is 1. The molecule has 0 unspecified atom stereocenters. The zero-order valence-corrected chi connectivity index (χ0v) is 13.0. The van der Waals surface area contributed by atoms with Crippen LogP contribution in [0.15, 0.2) is 12.3 Å². The molecule has 0 bridgehead atoms. The Balaban J connectivity index is 1.94. The predicted octanol–water partition coefficient (Wildman–Crippen LogP) is -0.925. The molecule has 122 valence electrons. The summed E-state index contributed by atoms with van der Waals surface area (Å²) in [6.07, 6.45) is 2.64. The van der Waals surface area contributed by atoms with Crippen LogP contribution in [0.4, 0.5) is 0 Å². The summed E-state index contributed by atoms with van der Waals surface area (Å²) in [4.78, 5) is 24.3. The zero-order chi connectivity index (χ0) is 16.3. The largest absolute Gasteiger partial charge is 0.481 e. The van der Waals surface area contributed by atoms with Gasteiger partial charge in [-0.25, -0.2) is 8.42 Å². The van der Waals surface area contributed by atoms with Gasteiger partial charge in [-0.05, 0) is 6.07 Å². The van der Waals surface area contributed by atoms with Gasteiger partial charge in [0.15, 0.2) is 0 Å². The normalized spacial score (nSPS) is 16.7. The van der Waals surface area contributed by atoms with Gasteiger partial charge in [0.25, 0.3) is 5.91 Å². The first-order valence-electron chi connectivity index (χ1n) is 6.77. The highest BCUT2D eigenvalue weighted by Crippen LogP contribution is 2.10. The Morgan fingerprint density at radius 2 is 1.91 bits per heavy atom. The highest BCUT2D eigenvalue weighted by Gasteiger charge is 2.27. The van der Waals surface area contributed by atoms with Crippen molar-refractivity contribution < 1.29 is 23.1 Å². The number of carbonyl (C=O) groups excluding carboxylic acids is 1. The number of amides is 1. The Morgan fingerprint density at radius 1 is 1.27 bits per heavy atom. The second kappa shape index (κ2) is 6.44. The van der Waals surface area contributed by atoms with E-state index in [2.05, 4.69) is 5.10 Å². The fourth-order valence-electron chi connectivity index (χ4n) is 2.20. The molecule has 9 nitrogen and oxygen atoms in total. The van der Waals surface area contributed by atoms with Crippen LogP contribution in [-0.4, -0.2) is 76.8 Å². The highest BCUT2D eigenvalue weighted by atomic mass is 32.2. The maximum atomic E-state index is 12.3. The SMILES string of the molecule is CS(=O)(=O)N1CCN(C(=O)c2ccn(CCC(=O)O)n2)CC1. The number of piperazine rings is 1. The summed E-state index contributed by atoms with van der Waals surface area (Å²) >= 11 is 0. The van der Waals surface area contributed by atoms with Gasteiger partial charge in [0.2, 0.25) is 10.0 Å². The fraction of sp³-hybridized carbons (Fsp3) is 0.583. The summed E-state index contributed by atoms with van der Waals surface area (Å²) in [7, 11) is -3.23. The zero-order valence-electron chi connectivity index (χ0n) is 12.2. The van der Waals surface area contributed by atoms with Crippen LogP contribution in [0.3, 0.4) is 0 Å². The highest BCUT2D eigenvalue weighted by molar-refractivity contribution is 7.88. The number of aromatic nitrogens is 2. The van der Waals surface area contributed by atoms with Crippen LogP contribution in [0.1, 0.15) is 16.9 Å². The lowest BCUT2D eigenvalue weighted by atomic mass is 10.3. The summed E-state index contributed by atoms with van der Waals surface area (Å²) in [6.45, 7) is 1.36. The quantitative estimate of drug-likeness (QED) is 0.747. The van der Waals surface area contributed by atoms with Crippen LogP contribution in [-0.2, 0) is 21.4 Å². The number of sulfonamides is 1. The van der Waals surface area contributed by atoms with E-state index in [4.69, 9.17) is 5.11 Å². The lowest BCUT2D eigenvalue weighted by molar-refractivity contribution is -0.137. The van der Waals surface area contributed by atoms with Crippen LogP contribution in [0.5, 0.6) is 0 Å². The number of nitrogens with zero attached hydrogens (tertiary/aromatic N) is 4. The van der Waals surface area contributed by atoms with Gasteiger partial charge >= 0.3 is 5.97 Å². The van der Waals surface area contributed by atoms with Crippen LogP contribution in [0.2, 0.25) is 0 Å². The molecule has 0 aromatic carbocycles. The molecule has 1 aliphatic heterocycles. The minimum atomic E-state index is -3.23. The number of rotatable bonds is 5. The predicted molar refractivity (Wildman–Crippen MR) is 76.8 cm³/mol. The first kappa shape index (κ1) is 16.4. The van der Waals surface area contributed by atoms with Crippen LogP contribution in [0, 0.1) is 0 Å². The van der Waals surface area contributed by atoms with Crippen molar-refractivity contribution in [1.82, 2.24) is 19.0 Å². The Hall–Kier alpha value is -1.94. The summed E-state index contributed by atoms with van der Waals surface area (Å²) in [5.41, 5.74) is 0.234. The van der Waals surface area contributed by atoms with Crippen molar-refractivity contribution in [3.05, 3.63) is 18.0 Å². The Kier molecular flexibility index (Phi) is 4.81. The van der Waals surface area contributed by atoms with Gasteiger partial charge in [-0.2, -0.15) is 9.40 Å². The number of carbonyl (C=O) groups is 2. The van der Waals surface area contributed by atoms with Gasteiger partial charge in [0.1, 0.15) is 5.69 Å². The number of aryl methyl sites for hydroxylation is 1. The van der Waals surface area contributed by atoms with Crippen molar-refractivity contribution in [1.29, 1.82) is 0 Å². The monoisotopic (exact) mass is 330 g/mol. The average molecular weight is 330 g/mol. The Bertz CT molecular complexity index is 661. The number of hydrogen-bond donors (Lipinski definition) is 1. The molecule has 0 atom stereocenters. The third kappa shape index (κ3) is 4.04. The molecule has 1 saturated heterocycles. The van der Waals surface area contributed by atoms with Crippen LogP contribution < -0.4 is 0 Å². The standard InChI is InChI=1S/C12H18N4O5S/c1-22(20,21)16-8-6-14(7-9-16)12(19)10-2-4-15(13-10)5-3-11(17)18/h2,4H,3,5-9H2,1H3,(H,17,18). The fourth-order valence-corrected chi connectivity index (χ4v) is 3.02. The molecule has 22 heavy (non-hydrogen) atoms.